The number of hydrogen-bond acceptors (Lipinski definition) is 5. The molecule has 1 aromatic carbocycles. The number of aromatic nitrogens is 1. The van der Waals surface area contributed by atoms with Crippen LogP contribution < -0.4 is 11.1 Å². The smallest absolute Gasteiger partial charge is 0.256 e. The standard InChI is InChI=1S/C20H21N3O4/c1-12-17(18(25)23-20(2,11-24)19(21)26)15-9-13(5-6-16(15)27-12)8-14-4-3-7-22-10-14/h3-7,9-10,24H,8,11H2,1-2H3,(H2,21,26)(H,23,25)/t20-/m0/s1. The Labute approximate surface area is 156 Å². The van der Waals surface area contributed by atoms with E-state index in [0.29, 0.717) is 28.7 Å². The van der Waals surface area contributed by atoms with Gasteiger partial charge in [-0.15, -0.1) is 0 Å². The lowest BCUT2D eigenvalue weighted by Crippen LogP contribution is -2.57. The van der Waals surface area contributed by atoms with E-state index in [1.807, 2.05) is 30.3 Å². The van der Waals surface area contributed by atoms with E-state index in [1.54, 1.807) is 19.3 Å². The third-order valence-corrected chi connectivity index (χ3v) is 4.54. The second-order valence-corrected chi connectivity index (χ2v) is 6.71. The van der Waals surface area contributed by atoms with E-state index in [4.69, 9.17) is 10.2 Å². The Morgan fingerprint density at radius 2 is 2.07 bits per heavy atom. The number of aliphatic hydroxyl groups excluding tert-OH is 1. The van der Waals surface area contributed by atoms with Crippen molar-refractivity contribution in [2.45, 2.75) is 25.8 Å². The minimum absolute atomic E-state index is 0.318. The summed E-state index contributed by atoms with van der Waals surface area (Å²) >= 11 is 0. The topological polar surface area (TPSA) is 118 Å². The Bertz CT molecular complexity index is 997. The van der Waals surface area contributed by atoms with Crippen molar-refractivity contribution in [3.8, 4) is 0 Å². The minimum Gasteiger partial charge on any atom is -0.461 e. The molecule has 27 heavy (non-hydrogen) atoms. The number of hydrogen-bond donors (Lipinski definition) is 3. The van der Waals surface area contributed by atoms with Crippen LogP contribution >= 0.6 is 0 Å². The van der Waals surface area contributed by atoms with E-state index in [2.05, 4.69) is 10.3 Å². The summed E-state index contributed by atoms with van der Waals surface area (Å²) < 4.78 is 5.68. The number of aliphatic hydroxyl groups is 1. The molecule has 0 saturated heterocycles. The Kier molecular flexibility index (Phi) is 4.96. The van der Waals surface area contributed by atoms with Gasteiger partial charge in [-0.2, -0.15) is 0 Å². The van der Waals surface area contributed by atoms with Gasteiger partial charge in [0.2, 0.25) is 5.91 Å². The van der Waals surface area contributed by atoms with Crippen LogP contribution in [0.2, 0.25) is 0 Å². The highest BCUT2D eigenvalue weighted by Crippen LogP contribution is 2.28. The van der Waals surface area contributed by atoms with Crippen LogP contribution in [-0.4, -0.2) is 34.1 Å². The van der Waals surface area contributed by atoms with Crippen LogP contribution in [0.4, 0.5) is 0 Å². The average molecular weight is 367 g/mol. The number of benzene rings is 1. The molecule has 0 bridgehead atoms. The van der Waals surface area contributed by atoms with Gasteiger partial charge in [0.05, 0.1) is 12.2 Å². The summed E-state index contributed by atoms with van der Waals surface area (Å²) in [4.78, 5) is 28.5. The van der Waals surface area contributed by atoms with Gasteiger partial charge >= 0.3 is 0 Å². The Balaban J connectivity index is 1.97. The number of carbonyl (C=O) groups is 2. The van der Waals surface area contributed by atoms with Crippen molar-refractivity contribution in [3.05, 3.63) is 65.2 Å². The van der Waals surface area contributed by atoms with Crippen LogP contribution in [0.25, 0.3) is 11.0 Å². The van der Waals surface area contributed by atoms with E-state index in [0.717, 1.165) is 11.1 Å². The molecule has 7 heteroatoms. The molecule has 0 unspecified atom stereocenters. The SMILES string of the molecule is Cc1oc2ccc(Cc3cccnc3)cc2c1C(=O)N[C@@](C)(CO)C(N)=O. The summed E-state index contributed by atoms with van der Waals surface area (Å²) in [7, 11) is 0. The predicted molar refractivity (Wildman–Crippen MR) is 100 cm³/mol. The molecule has 0 aliphatic carbocycles. The van der Waals surface area contributed by atoms with Gasteiger partial charge in [0, 0.05) is 17.8 Å². The zero-order valence-corrected chi connectivity index (χ0v) is 15.2. The van der Waals surface area contributed by atoms with Crippen molar-refractivity contribution in [1.82, 2.24) is 10.3 Å². The normalized spacial score (nSPS) is 13.3. The molecular weight excluding hydrogens is 346 g/mol. The van der Waals surface area contributed by atoms with Crippen molar-refractivity contribution in [1.29, 1.82) is 0 Å². The second-order valence-electron chi connectivity index (χ2n) is 6.71. The van der Waals surface area contributed by atoms with Crippen molar-refractivity contribution >= 4 is 22.8 Å². The van der Waals surface area contributed by atoms with Gasteiger partial charge in [0.15, 0.2) is 0 Å². The highest BCUT2D eigenvalue weighted by Gasteiger charge is 2.34. The quantitative estimate of drug-likeness (QED) is 0.613. The third-order valence-electron chi connectivity index (χ3n) is 4.54. The van der Waals surface area contributed by atoms with Crippen molar-refractivity contribution in [2.75, 3.05) is 6.61 Å². The van der Waals surface area contributed by atoms with E-state index < -0.39 is 24.0 Å². The van der Waals surface area contributed by atoms with E-state index in [1.165, 1.54) is 6.92 Å². The van der Waals surface area contributed by atoms with Gasteiger partial charge in [-0.1, -0.05) is 12.1 Å². The molecule has 7 nitrogen and oxygen atoms in total. The first kappa shape index (κ1) is 18.6. The zero-order chi connectivity index (χ0) is 19.6. The number of nitrogens with zero attached hydrogens (tertiary/aromatic N) is 1. The average Bonchev–Trinajstić information content (AvgIpc) is 2.97. The second kappa shape index (κ2) is 7.20. The van der Waals surface area contributed by atoms with Crippen molar-refractivity contribution < 1.29 is 19.1 Å². The largest absolute Gasteiger partial charge is 0.461 e. The molecule has 2 aromatic heterocycles. The Morgan fingerprint density at radius 1 is 1.30 bits per heavy atom. The zero-order valence-electron chi connectivity index (χ0n) is 15.2. The molecule has 0 aliphatic heterocycles. The number of rotatable bonds is 6. The fourth-order valence-corrected chi connectivity index (χ4v) is 2.89. The Morgan fingerprint density at radius 3 is 2.70 bits per heavy atom. The number of carbonyl (C=O) groups excluding carboxylic acids is 2. The summed E-state index contributed by atoms with van der Waals surface area (Å²) in [6.45, 7) is 2.45. The fraction of sp³-hybridized carbons (Fsp3) is 0.250. The number of nitrogens with two attached hydrogens (primary N) is 1. The Hall–Kier alpha value is -3.19. The van der Waals surface area contributed by atoms with Crippen LogP contribution in [0.5, 0.6) is 0 Å². The van der Waals surface area contributed by atoms with Crippen LogP contribution in [0.3, 0.4) is 0 Å². The van der Waals surface area contributed by atoms with Gasteiger partial charge in [0.1, 0.15) is 16.9 Å². The number of fused-ring (bicyclic) bond motifs is 1. The number of aryl methyl sites for hydroxylation is 1. The van der Waals surface area contributed by atoms with E-state index in [-0.39, 0.29) is 0 Å². The number of pyridine rings is 1. The summed E-state index contributed by atoms with van der Waals surface area (Å²) in [5.74, 6) is -0.924. The summed E-state index contributed by atoms with van der Waals surface area (Å²) in [6, 6.07) is 9.47. The molecule has 4 N–H and O–H groups in total. The molecule has 0 aliphatic rings. The van der Waals surface area contributed by atoms with E-state index >= 15 is 0 Å². The molecule has 3 aromatic rings. The molecule has 140 valence electrons. The molecule has 2 amide bonds. The molecule has 1 atom stereocenters. The van der Waals surface area contributed by atoms with Gasteiger partial charge < -0.3 is 20.6 Å². The molecule has 0 radical (unpaired) electrons. The maximum atomic E-state index is 12.8. The van der Waals surface area contributed by atoms with Gasteiger partial charge in [-0.05, 0) is 49.6 Å². The predicted octanol–water partition coefficient (Wildman–Crippen LogP) is 1.69. The van der Waals surface area contributed by atoms with Gasteiger partial charge in [-0.3, -0.25) is 14.6 Å². The number of primary amides is 1. The first-order valence-corrected chi connectivity index (χ1v) is 8.48. The third kappa shape index (κ3) is 3.68. The highest BCUT2D eigenvalue weighted by molar-refractivity contribution is 6.09. The molecule has 0 fully saturated rings. The molecule has 2 heterocycles. The molecular formula is C20H21N3O4. The van der Waals surface area contributed by atoms with Gasteiger partial charge in [-0.25, -0.2) is 0 Å². The maximum Gasteiger partial charge on any atom is 0.256 e. The van der Waals surface area contributed by atoms with E-state index in [9.17, 15) is 14.7 Å². The van der Waals surface area contributed by atoms with Crippen LogP contribution in [0.1, 0.15) is 34.2 Å². The van der Waals surface area contributed by atoms with Crippen molar-refractivity contribution in [3.63, 3.8) is 0 Å². The van der Waals surface area contributed by atoms with Crippen LogP contribution in [0.15, 0.2) is 47.1 Å². The summed E-state index contributed by atoms with van der Waals surface area (Å²) in [6.07, 6.45) is 4.16. The van der Waals surface area contributed by atoms with Crippen molar-refractivity contribution in [2.24, 2.45) is 5.73 Å². The van der Waals surface area contributed by atoms with Gasteiger partial charge in [0.25, 0.3) is 5.91 Å². The molecule has 0 spiro atoms. The summed E-state index contributed by atoms with van der Waals surface area (Å²) in [5, 5.41) is 12.6. The maximum absolute atomic E-state index is 12.8. The van der Waals surface area contributed by atoms with Crippen LogP contribution in [0, 0.1) is 6.92 Å². The lowest BCUT2D eigenvalue weighted by atomic mass is 10.00. The number of nitrogens with one attached hydrogen (secondary N) is 1. The highest BCUT2D eigenvalue weighted by atomic mass is 16.3. The van der Waals surface area contributed by atoms with Crippen LogP contribution in [-0.2, 0) is 11.2 Å². The minimum atomic E-state index is -1.56. The summed E-state index contributed by atoms with van der Waals surface area (Å²) in [5.41, 5.74) is 6.67. The fourth-order valence-electron chi connectivity index (χ4n) is 2.89. The first-order valence-electron chi connectivity index (χ1n) is 8.48. The lowest BCUT2D eigenvalue weighted by Gasteiger charge is -2.24. The molecule has 3 rings (SSSR count). The monoisotopic (exact) mass is 367 g/mol. The number of furan rings is 1. The first-order chi connectivity index (χ1) is 12.8. The lowest BCUT2D eigenvalue weighted by molar-refractivity contribution is -0.124. The number of amides is 2. The molecule has 0 saturated carbocycles.